The predicted octanol–water partition coefficient (Wildman–Crippen LogP) is 1.75. The lowest BCUT2D eigenvalue weighted by atomic mass is 9.91. The molecule has 0 spiro atoms. The fraction of sp³-hybridized carbons (Fsp3) is 0.333. The second kappa shape index (κ2) is 4.97. The minimum Gasteiger partial charge on any atom is -0.493 e. The van der Waals surface area contributed by atoms with E-state index in [1.54, 1.807) is 14.2 Å². The number of hydrogen-bond donors (Lipinski definition) is 2. The zero-order valence-electron chi connectivity index (χ0n) is 11.1. The number of nitrogens with one attached hydrogen (secondary N) is 2. The highest BCUT2D eigenvalue weighted by Gasteiger charge is 2.29. The fourth-order valence-corrected chi connectivity index (χ4v) is 2.66. The first-order chi connectivity index (χ1) is 9.33. The molecular weight excluding hydrogens is 240 g/mol. The molecule has 0 amide bonds. The predicted molar refractivity (Wildman–Crippen MR) is 75.1 cm³/mol. The van der Waals surface area contributed by atoms with Gasteiger partial charge in [-0.25, -0.2) is 0 Å². The molecule has 0 saturated heterocycles. The lowest BCUT2D eigenvalue weighted by Gasteiger charge is -2.24. The highest BCUT2D eigenvalue weighted by Crippen LogP contribution is 2.36. The molecule has 2 heterocycles. The molecule has 4 heteroatoms. The average molecular weight is 258 g/mol. The van der Waals surface area contributed by atoms with Crippen LogP contribution < -0.4 is 20.1 Å². The topological polar surface area (TPSA) is 42.5 Å². The van der Waals surface area contributed by atoms with E-state index in [2.05, 4.69) is 35.1 Å². The molecule has 0 radical (unpaired) electrons. The van der Waals surface area contributed by atoms with Crippen LogP contribution in [0.4, 0.5) is 0 Å². The Morgan fingerprint density at radius 3 is 2.79 bits per heavy atom. The van der Waals surface area contributed by atoms with Gasteiger partial charge in [-0.15, -0.1) is 0 Å². The molecule has 2 aliphatic heterocycles. The molecule has 1 aromatic carbocycles. The molecule has 2 N–H and O–H groups in total. The standard InChI is InChI=1S/C15H18N2O2/c1-18-13-6-5-10(8-14(13)19-2)12-9-17-15-11(12)4-3-7-16-15/h3-6,8-9,11,15-17H,7H2,1-2H3. The first kappa shape index (κ1) is 12.1. The molecular formula is C15H18N2O2. The summed E-state index contributed by atoms with van der Waals surface area (Å²) in [6.45, 7) is 0.918. The molecule has 1 aromatic rings. The summed E-state index contributed by atoms with van der Waals surface area (Å²) < 4.78 is 10.6. The van der Waals surface area contributed by atoms with Gasteiger partial charge in [-0.3, -0.25) is 5.32 Å². The molecule has 0 aromatic heterocycles. The summed E-state index contributed by atoms with van der Waals surface area (Å²) in [5, 5.41) is 6.80. The van der Waals surface area contributed by atoms with Gasteiger partial charge in [-0.05, 0) is 23.3 Å². The zero-order valence-corrected chi connectivity index (χ0v) is 11.1. The van der Waals surface area contributed by atoms with Crippen LogP contribution in [0.1, 0.15) is 5.56 Å². The van der Waals surface area contributed by atoms with E-state index >= 15 is 0 Å². The van der Waals surface area contributed by atoms with E-state index in [1.807, 2.05) is 12.1 Å². The maximum absolute atomic E-state index is 5.37. The second-order valence-corrected chi connectivity index (χ2v) is 4.68. The minimum absolute atomic E-state index is 0.299. The Kier molecular flexibility index (Phi) is 3.17. The average Bonchev–Trinajstić information content (AvgIpc) is 2.90. The van der Waals surface area contributed by atoms with Crippen LogP contribution >= 0.6 is 0 Å². The van der Waals surface area contributed by atoms with Gasteiger partial charge in [0.2, 0.25) is 0 Å². The van der Waals surface area contributed by atoms with Crippen molar-refractivity contribution < 1.29 is 9.47 Å². The number of ether oxygens (including phenoxy) is 2. The minimum atomic E-state index is 0.299. The molecule has 0 fully saturated rings. The van der Waals surface area contributed by atoms with E-state index in [1.165, 1.54) is 5.57 Å². The van der Waals surface area contributed by atoms with Crippen molar-refractivity contribution in [3.63, 3.8) is 0 Å². The van der Waals surface area contributed by atoms with Crippen LogP contribution in [-0.2, 0) is 0 Å². The summed E-state index contributed by atoms with van der Waals surface area (Å²) in [5.74, 6) is 1.88. The Balaban J connectivity index is 1.94. The van der Waals surface area contributed by atoms with Gasteiger partial charge in [-0.2, -0.15) is 0 Å². The molecule has 2 unspecified atom stereocenters. The smallest absolute Gasteiger partial charge is 0.161 e. The van der Waals surface area contributed by atoms with Crippen molar-refractivity contribution in [2.45, 2.75) is 6.17 Å². The van der Waals surface area contributed by atoms with Crippen LogP contribution in [0.5, 0.6) is 11.5 Å². The van der Waals surface area contributed by atoms with Gasteiger partial charge < -0.3 is 14.8 Å². The lowest BCUT2D eigenvalue weighted by Crippen LogP contribution is -2.43. The van der Waals surface area contributed by atoms with E-state index in [9.17, 15) is 0 Å². The van der Waals surface area contributed by atoms with Crippen LogP contribution in [0.15, 0.2) is 36.6 Å². The van der Waals surface area contributed by atoms with Gasteiger partial charge in [0.05, 0.1) is 20.4 Å². The molecule has 3 rings (SSSR count). The first-order valence-electron chi connectivity index (χ1n) is 6.42. The van der Waals surface area contributed by atoms with Gasteiger partial charge >= 0.3 is 0 Å². The summed E-state index contributed by atoms with van der Waals surface area (Å²) in [7, 11) is 3.31. The third-order valence-corrected chi connectivity index (χ3v) is 3.65. The monoisotopic (exact) mass is 258 g/mol. The van der Waals surface area contributed by atoms with Crippen molar-refractivity contribution >= 4 is 5.57 Å². The summed E-state index contributed by atoms with van der Waals surface area (Å²) >= 11 is 0. The Labute approximate surface area is 113 Å². The number of rotatable bonds is 3. The highest BCUT2D eigenvalue weighted by atomic mass is 16.5. The maximum atomic E-state index is 5.37. The Morgan fingerprint density at radius 1 is 1.16 bits per heavy atom. The summed E-state index contributed by atoms with van der Waals surface area (Å²) in [4.78, 5) is 0. The molecule has 2 aliphatic rings. The summed E-state index contributed by atoms with van der Waals surface area (Å²) in [6, 6.07) is 6.04. The maximum Gasteiger partial charge on any atom is 0.161 e. The van der Waals surface area contributed by atoms with E-state index in [0.717, 1.165) is 23.6 Å². The Morgan fingerprint density at radius 2 is 2.00 bits per heavy atom. The zero-order chi connectivity index (χ0) is 13.2. The number of hydrogen-bond acceptors (Lipinski definition) is 4. The van der Waals surface area contributed by atoms with Crippen LogP contribution in [0.25, 0.3) is 5.57 Å². The Bertz CT molecular complexity index is 537. The van der Waals surface area contributed by atoms with Crippen LogP contribution in [0.2, 0.25) is 0 Å². The summed E-state index contributed by atoms with van der Waals surface area (Å²) in [5.41, 5.74) is 2.43. The normalized spacial score (nSPS) is 24.4. The molecule has 0 bridgehead atoms. The van der Waals surface area contributed by atoms with E-state index in [0.29, 0.717) is 12.1 Å². The molecule has 0 saturated carbocycles. The van der Waals surface area contributed by atoms with Crippen LogP contribution in [-0.4, -0.2) is 26.9 Å². The molecule has 0 aliphatic carbocycles. The van der Waals surface area contributed by atoms with Crippen LogP contribution in [0, 0.1) is 5.92 Å². The van der Waals surface area contributed by atoms with Crippen molar-refractivity contribution in [2.24, 2.45) is 5.92 Å². The van der Waals surface area contributed by atoms with Crippen molar-refractivity contribution in [3.05, 3.63) is 42.1 Å². The second-order valence-electron chi connectivity index (χ2n) is 4.68. The van der Waals surface area contributed by atoms with Crippen molar-refractivity contribution in [2.75, 3.05) is 20.8 Å². The fourth-order valence-electron chi connectivity index (χ4n) is 2.66. The Hall–Kier alpha value is -1.94. The number of fused-ring (bicyclic) bond motifs is 1. The third kappa shape index (κ3) is 2.08. The molecule has 100 valence electrons. The van der Waals surface area contributed by atoms with E-state index in [-0.39, 0.29) is 0 Å². The quantitative estimate of drug-likeness (QED) is 0.811. The van der Waals surface area contributed by atoms with Crippen molar-refractivity contribution in [3.8, 4) is 11.5 Å². The molecule has 2 atom stereocenters. The van der Waals surface area contributed by atoms with Gasteiger partial charge in [0, 0.05) is 18.7 Å². The SMILES string of the molecule is COc1ccc(C2=CNC3NCC=CC23)cc1OC. The van der Waals surface area contributed by atoms with E-state index < -0.39 is 0 Å². The van der Waals surface area contributed by atoms with Crippen LogP contribution in [0.3, 0.4) is 0 Å². The molecule has 4 nitrogen and oxygen atoms in total. The third-order valence-electron chi connectivity index (χ3n) is 3.65. The van der Waals surface area contributed by atoms with Gasteiger partial charge in [0.25, 0.3) is 0 Å². The molecule has 19 heavy (non-hydrogen) atoms. The number of benzene rings is 1. The largest absolute Gasteiger partial charge is 0.493 e. The van der Waals surface area contributed by atoms with E-state index in [4.69, 9.17) is 9.47 Å². The first-order valence-corrected chi connectivity index (χ1v) is 6.42. The van der Waals surface area contributed by atoms with Gasteiger partial charge in [0.1, 0.15) is 0 Å². The van der Waals surface area contributed by atoms with Gasteiger partial charge in [0.15, 0.2) is 11.5 Å². The van der Waals surface area contributed by atoms with Gasteiger partial charge in [-0.1, -0.05) is 18.2 Å². The highest BCUT2D eigenvalue weighted by molar-refractivity contribution is 5.73. The summed E-state index contributed by atoms with van der Waals surface area (Å²) in [6.07, 6.45) is 6.80. The lowest BCUT2D eigenvalue weighted by molar-refractivity contribution is 0.355. The number of methoxy groups -OCH3 is 2. The van der Waals surface area contributed by atoms with Crippen molar-refractivity contribution in [1.29, 1.82) is 0 Å². The van der Waals surface area contributed by atoms with Crippen molar-refractivity contribution in [1.82, 2.24) is 10.6 Å².